The number of pyridine rings is 1. The van der Waals surface area contributed by atoms with E-state index in [0.717, 1.165) is 18.8 Å². The molecule has 1 aliphatic heterocycles. The number of rotatable bonds is 3. The molecule has 0 bridgehead atoms. The molecule has 2 heterocycles. The average Bonchev–Trinajstić information content (AvgIpc) is 2.54. The van der Waals surface area contributed by atoms with E-state index in [1.54, 1.807) is 0 Å². The first-order chi connectivity index (χ1) is 8.62. The third-order valence-corrected chi connectivity index (χ3v) is 4.07. The number of aromatic nitrogens is 1. The van der Waals surface area contributed by atoms with E-state index in [2.05, 4.69) is 29.8 Å². The maximum absolute atomic E-state index is 5.97. The molecule has 0 radical (unpaired) electrons. The van der Waals surface area contributed by atoms with E-state index in [4.69, 9.17) is 5.73 Å². The summed E-state index contributed by atoms with van der Waals surface area (Å²) < 4.78 is 0. The summed E-state index contributed by atoms with van der Waals surface area (Å²) in [6, 6.07) is 6.38. The molecule has 1 aromatic rings. The van der Waals surface area contributed by atoms with Gasteiger partial charge in [0.2, 0.25) is 0 Å². The lowest BCUT2D eigenvalue weighted by Gasteiger charge is -2.30. The molecular formula is C15H25N3. The Labute approximate surface area is 110 Å². The van der Waals surface area contributed by atoms with Crippen LogP contribution in [0.5, 0.6) is 0 Å². The Morgan fingerprint density at radius 3 is 2.83 bits per heavy atom. The van der Waals surface area contributed by atoms with Crippen molar-refractivity contribution in [3.05, 3.63) is 30.1 Å². The molecule has 0 aliphatic carbocycles. The molecule has 100 valence electrons. The molecule has 2 rings (SSSR count). The van der Waals surface area contributed by atoms with Gasteiger partial charge in [-0.1, -0.05) is 19.9 Å². The van der Waals surface area contributed by atoms with Crippen LogP contribution in [0.3, 0.4) is 0 Å². The normalized spacial score (nSPS) is 22.4. The van der Waals surface area contributed by atoms with Crippen molar-refractivity contribution in [1.29, 1.82) is 0 Å². The van der Waals surface area contributed by atoms with Gasteiger partial charge < -0.3 is 5.73 Å². The Morgan fingerprint density at radius 2 is 2.17 bits per heavy atom. The summed E-state index contributed by atoms with van der Waals surface area (Å²) in [5, 5.41) is 0. The molecule has 1 unspecified atom stereocenters. The summed E-state index contributed by atoms with van der Waals surface area (Å²) in [6.07, 6.45) is 5.68. The second-order valence-electron chi connectivity index (χ2n) is 6.06. The van der Waals surface area contributed by atoms with Crippen LogP contribution in [-0.4, -0.2) is 29.5 Å². The minimum atomic E-state index is 0.278. The van der Waals surface area contributed by atoms with Crippen molar-refractivity contribution >= 4 is 0 Å². The lowest BCUT2D eigenvalue weighted by atomic mass is 9.85. The third-order valence-electron chi connectivity index (χ3n) is 4.07. The number of nitrogens with zero attached hydrogens (tertiary/aromatic N) is 2. The zero-order valence-corrected chi connectivity index (χ0v) is 11.6. The van der Waals surface area contributed by atoms with Gasteiger partial charge in [-0.25, -0.2) is 0 Å². The number of hydrogen-bond acceptors (Lipinski definition) is 3. The van der Waals surface area contributed by atoms with Gasteiger partial charge in [0.15, 0.2) is 0 Å². The van der Waals surface area contributed by atoms with Crippen molar-refractivity contribution in [2.75, 3.05) is 19.6 Å². The highest BCUT2D eigenvalue weighted by atomic mass is 15.2. The van der Waals surface area contributed by atoms with Crippen molar-refractivity contribution < 1.29 is 0 Å². The van der Waals surface area contributed by atoms with E-state index in [-0.39, 0.29) is 6.04 Å². The van der Waals surface area contributed by atoms with Gasteiger partial charge in [-0.15, -0.1) is 0 Å². The van der Waals surface area contributed by atoms with Crippen LogP contribution >= 0.6 is 0 Å². The Hall–Kier alpha value is -0.930. The molecule has 1 aliphatic rings. The Kier molecular flexibility index (Phi) is 4.36. The van der Waals surface area contributed by atoms with E-state index in [1.165, 1.54) is 19.3 Å². The largest absolute Gasteiger partial charge is 0.329 e. The molecule has 1 atom stereocenters. The zero-order valence-electron chi connectivity index (χ0n) is 11.6. The van der Waals surface area contributed by atoms with Crippen LogP contribution in [0.1, 0.15) is 44.8 Å². The lowest BCUT2D eigenvalue weighted by molar-refractivity contribution is 0.196. The van der Waals surface area contributed by atoms with Crippen molar-refractivity contribution in [2.24, 2.45) is 11.1 Å². The standard InChI is InChI=1S/C15H25N3/c1-15(2)7-5-10-18(11-8-15)14(12-16)13-6-3-4-9-17-13/h3-4,6,9,14H,5,7-8,10-12,16H2,1-2H3. The van der Waals surface area contributed by atoms with E-state index < -0.39 is 0 Å². The third kappa shape index (κ3) is 3.30. The van der Waals surface area contributed by atoms with Crippen LogP contribution in [0.4, 0.5) is 0 Å². The highest BCUT2D eigenvalue weighted by molar-refractivity contribution is 5.09. The fourth-order valence-electron chi connectivity index (χ4n) is 2.79. The van der Waals surface area contributed by atoms with Gasteiger partial charge >= 0.3 is 0 Å². The first-order valence-electron chi connectivity index (χ1n) is 6.97. The van der Waals surface area contributed by atoms with Crippen LogP contribution in [0.25, 0.3) is 0 Å². The van der Waals surface area contributed by atoms with Gasteiger partial charge in [0, 0.05) is 12.7 Å². The first-order valence-corrected chi connectivity index (χ1v) is 6.97. The highest BCUT2D eigenvalue weighted by Gasteiger charge is 2.27. The molecule has 0 aromatic carbocycles. The summed E-state index contributed by atoms with van der Waals surface area (Å²) >= 11 is 0. The SMILES string of the molecule is CC1(C)CCCN(C(CN)c2ccccn2)CC1. The summed E-state index contributed by atoms with van der Waals surface area (Å²) in [6.45, 7) is 7.66. The van der Waals surface area contributed by atoms with Crippen LogP contribution in [0.2, 0.25) is 0 Å². The van der Waals surface area contributed by atoms with E-state index in [9.17, 15) is 0 Å². The monoisotopic (exact) mass is 247 g/mol. The molecule has 1 aromatic heterocycles. The molecule has 1 fully saturated rings. The topological polar surface area (TPSA) is 42.1 Å². The Balaban J connectivity index is 2.09. The molecule has 0 saturated carbocycles. The van der Waals surface area contributed by atoms with Crippen molar-refractivity contribution in [1.82, 2.24) is 9.88 Å². The Bertz CT molecular complexity index is 361. The van der Waals surface area contributed by atoms with Crippen molar-refractivity contribution in [3.63, 3.8) is 0 Å². The van der Waals surface area contributed by atoms with E-state index in [0.29, 0.717) is 12.0 Å². The van der Waals surface area contributed by atoms with Gasteiger partial charge in [0.05, 0.1) is 11.7 Å². The predicted octanol–water partition coefficient (Wildman–Crippen LogP) is 2.59. The summed E-state index contributed by atoms with van der Waals surface area (Å²) in [5.41, 5.74) is 7.55. The molecular weight excluding hydrogens is 222 g/mol. The molecule has 3 nitrogen and oxygen atoms in total. The summed E-state index contributed by atoms with van der Waals surface area (Å²) in [4.78, 5) is 6.98. The average molecular weight is 247 g/mol. The van der Waals surface area contributed by atoms with Crippen molar-refractivity contribution in [3.8, 4) is 0 Å². The molecule has 3 heteroatoms. The van der Waals surface area contributed by atoms with Crippen LogP contribution in [0, 0.1) is 5.41 Å². The van der Waals surface area contributed by atoms with E-state index >= 15 is 0 Å². The molecule has 0 amide bonds. The second kappa shape index (κ2) is 5.81. The quantitative estimate of drug-likeness (QED) is 0.892. The molecule has 1 saturated heterocycles. The van der Waals surface area contributed by atoms with Crippen LogP contribution in [0.15, 0.2) is 24.4 Å². The molecule has 2 N–H and O–H groups in total. The minimum Gasteiger partial charge on any atom is -0.329 e. The van der Waals surface area contributed by atoms with E-state index in [1.807, 2.05) is 18.3 Å². The van der Waals surface area contributed by atoms with Crippen LogP contribution in [-0.2, 0) is 0 Å². The maximum atomic E-state index is 5.97. The lowest BCUT2D eigenvalue weighted by Crippen LogP contribution is -2.35. The van der Waals surface area contributed by atoms with Gasteiger partial charge in [-0.05, 0) is 49.9 Å². The predicted molar refractivity (Wildman–Crippen MR) is 75.2 cm³/mol. The summed E-state index contributed by atoms with van der Waals surface area (Å²) in [7, 11) is 0. The van der Waals surface area contributed by atoms with Gasteiger partial charge in [0.1, 0.15) is 0 Å². The van der Waals surface area contributed by atoms with Gasteiger partial charge in [-0.2, -0.15) is 0 Å². The highest BCUT2D eigenvalue weighted by Crippen LogP contribution is 2.32. The van der Waals surface area contributed by atoms with Crippen molar-refractivity contribution in [2.45, 2.75) is 39.2 Å². The zero-order chi connectivity index (χ0) is 13.0. The molecule has 0 spiro atoms. The second-order valence-corrected chi connectivity index (χ2v) is 6.06. The number of nitrogens with two attached hydrogens (primary N) is 1. The van der Waals surface area contributed by atoms with Crippen LogP contribution < -0.4 is 5.73 Å². The smallest absolute Gasteiger partial charge is 0.0644 e. The minimum absolute atomic E-state index is 0.278. The Morgan fingerprint density at radius 1 is 1.33 bits per heavy atom. The van der Waals surface area contributed by atoms with Gasteiger partial charge in [-0.3, -0.25) is 9.88 Å². The first kappa shape index (κ1) is 13.5. The summed E-state index contributed by atoms with van der Waals surface area (Å²) in [5.74, 6) is 0. The number of hydrogen-bond donors (Lipinski definition) is 1. The number of likely N-dealkylation sites (tertiary alicyclic amines) is 1. The fraction of sp³-hybridized carbons (Fsp3) is 0.667. The molecule has 18 heavy (non-hydrogen) atoms. The fourth-order valence-corrected chi connectivity index (χ4v) is 2.79. The van der Waals surface area contributed by atoms with Gasteiger partial charge in [0.25, 0.3) is 0 Å². The maximum Gasteiger partial charge on any atom is 0.0644 e.